The zero-order chi connectivity index (χ0) is 18.4. The number of rotatable bonds is 6. The number of hydrogen-bond donors (Lipinski definition) is 0. The highest BCUT2D eigenvalue weighted by Gasteiger charge is 2.20. The van der Waals surface area contributed by atoms with Crippen molar-refractivity contribution in [3.8, 4) is 11.3 Å². The number of amides is 1. The SMILES string of the molecule is COCCN(C(=O)c1cccc(-c2ccccn2)c1C)c1ccncc1. The summed E-state index contributed by atoms with van der Waals surface area (Å²) in [4.78, 5) is 23.4. The second-order valence-corrected chi connectivity index (χ2v) is 5.85. The first-order valence-electron chi connectivity index (χ1n) is 8.44. The third-order valence-corrected chi connectivity index (χ3v) is 4.24. The van der Waals surface area contributed by atoms with Gasteiger partial charge in [0.05, 0.1) is 12.3 Å². The van der Waals surface area contributed by atoms with Crippen LogP contribution < -0.4 is 4.90 Å². The average Bonchev–Trinajstić information content (AvgIpc) is 2.70. The molecule has 0 radical (unpaired) electrons. The molecule has 0 unspecified atom stereocenters. The van der Waals surface area contributed by atoms with Crippen LogP contribution in [-0.2, 0) is 4.74 Å². The minimum absolute atomic E-state index is 0.0662. The van der Waals surface area contributed by atoms with Gasteiger partial charge in [-0.3, -0.25) is 14.8 Å². The van der Waals surface area contributed by atoms with Gasteiger partial charge in [-0.25, -0.2) is 0 Å². The maximum Gasteiger partial charge on any atom is 0.258 e. The average molecular weight is 347 g/mol. The van der Waals surface area contributed by atoms with Crippen LogP contribution in [0.25, 0.3) is 11.3 Å². The van der Waals surface area contributed by atoms with E-state index in [1.54, 1.807) is 30.6 Å². The number of aromatic nitrogens is 2. The number of carbonyl (C=O) groups excluding carboxylic acids is 1. The molecule has 1 aromatic carbocycles. The summed E-state index contributed by atoms with van der Waals surface area (Å²) in [5.74, 6) is -0.0662. The quantitative estimate of drug-likeness (QED) is 0.681. The number of ether oxygens (including phenoxy) is 1. The zero-order valence-electron chi connectivity index (χ0n) is 14.9. The number of carbonyl (C=O) groups is 1. The van der Waals surface area contributed by atoms with E-state index in [2.05, 4.69) is 9.97 Å². The van der Waals surface area contributed by atoms with Crippen molar-refractivity contribution in [1.29, 1.82) is 0 Å². The van der Waals surface area contributed by atoms with Crippen molar-refractivity contribution in [2.45, 2.75) is 6.92 Å². The van der Waals surface area contributed by atoms with Gasteiger partial charge < -0.3 is 9.64 Å². The Hall–Kier alpha value is -3.05. The Morgan fingerprint density at radius 1 is 1.04 bits per heavy atom. The fraction of sp³-hybridized carbons (Fsp3) is 0.190. The van der Waals surface area contributed by atoms with Gasteiger partial charge >= 0.3 is 0 Å². The largest absolute Gasteiger partial charge is 0.383 e. The Bertz CT molecular complexity index is 867. The number of anilines is 1. The third-order valence-electron chi connectivity index (χ3n) is 4.24. The van der Waals surface area contributed by atoms with Crippen molar-refractivity contribution in [2.24, 2.45) is 0 Å². The molecule has 0 aliphatic carbocycles. The number of hydrogen-bond acceptors (Lipinski definition) is 4. The fourth-order valence-corrected chi connectivity index (χ4v) is 2.87. The van der Waals surface area contributed by atoms with Crippen molar-refractivity contribution < 1.29 is 9.53 Å². The van der Waals surface area contributed by atoms with Crippen LogP contribution in [0.3, 0.4) is 0 Å². The number of pyridine rings is 2. The van der Waals surface area contributed by atoms with Crippen LogP contribution in [0.2, 0.25) is 0 Å². The van der Waals surface area contributed by atoms with Gasteiger partial charge in [0.25, 0.3) is 5.91 Å². The smallest absolute Gasteiger partial charge is 0.258 e. The molecule has 0 saturated heterocycles. The molecule has 26 heavy (non-hydrogen) atoms. The van der Waals surface area contributed by atoms with Crippen molar-refractivity contribution in [3.63, 3.8) is 0 Å². The van der Waals surface area contributed by atoms with Crippen LogP contribution in [0.1, 0.15) is 15.9 Å². The van der Waals surface area contributed by atoms with E-state index in [0.29, 0.717) is 18.7 Å². The molecule has 0 atom stereocenters. The first kappa shape index (κ1) is 17.8. The van der Waals surface area contributed by atoms with Crippen molar-refractivity contribution >= 4 is 11.6 Å². The maximum absolute atomic E-state index is 13.3. The highest BCUT2D eigenvalue weighted by Crippen LogP contribution is 2.26. The van der Waals surface area contributed by atoms with Crippen LogP contribution in [0, 0.1) is 6.92 Å². The molecule has 2 aromatic heterocycles. The predicted molar refractivity (Wildman–Crippen MR) is 102 cm³/mol. The molecule has 3 rings (SSSR count). The van der Waals surface area contributed by atoms with Crippen LogP contribution in [0.15, 0.2) is 67.1 Å². The van der Waals surface area contributed by atoms with Gasteiger partial charge in [0, 0.05) is 49.1 Å². The van der Waals surface area contributed by atoms with Crippen LogP contribution in [0.5, 0.6) is 0 Å². The van der Waals surface area contributed by atoms with E-state index in [1.807, 2.05) is 55.5 Å². The standard InChI is InChI=1S/C21H21N3O2/c1-16-18(20-8-3-4-11-23-20)6-5-7-19(16)21(25)24(14-15-26-2)17-9-12-22-13-10-17/h3-13H,14-15H2,1-2H3. The molecule has 0 fully saturated rings. The molecule has 5 heteroatoms. The molecule has 0 aliphatic rings. The van der Waals surface area contributed by atoms with E-state index in [1.165, 1.54) is 0 Å². The Morgan fingerprint density at radius 2 is 1.85 bits per heavy atom. The van der Waals surface area contributed by atoms with Gasteiger partial charge in [0.2, 0.25) is 0 Å². The topological polar surface area (TPSA) is 55.3 Å². The van der Waals surface area contributed by atoms with Gasteiger partial charge in [-0.05, 0) is 42.8 Å². The summed E-state index contributed by atoms with van der Waals surface area (Å²) in [6.45, 7) is 2.87. The molecule has 0 bridgehead atoms. The molecular weight excluding hydrogens is 326 g/mol. The summed E-state index contributed by atoms with van der Waals surface area (Å²) in [5.41, 5.74) is 4.17. The molecule has 0 aliphatic heterocycles. The lowest BCUT2D eigenvalue weighted by atomic mass is 9.98. The summed E-state index contributed by atoms with van der Waals surface area (Å²) >= 11 is 0. The van der Waals surface area contributed by atoms with Crippen LogP contribution in [-0.4, -0.2) is 36.1 Å². The van der Waals surface area contributed by atoms with Gasteiger partial charge in [-0.2, -0.15) is 0 Å². The Morgan fingerprint density at radius 3 is 2.54 bits per heavy atom. The summed E-state index contributed by atoms with van der Waals surface area (Å²) < 4.78 is 5.18. The van der Waals surface area contributed by atoms with Crippen LogP contribution in [0.4, 0.5) is 5.69 Å². The molecule has 0 N–H and O–H groups in total. The van der Waals surface area contributed by atoms with Crippen molar-refractivity contribution in [1.82, 2.24) is 9.97 Å². The normalized spacial score (nSPS) is 10.5. The molecule has 132 valence electrons. The summed E-state index contributed by atoms with van der Waals surface area (Å²) in [5, 5.41) is 0. The Kier molecular flexibility index (Phi) is 5.71. The third kappa shape index (κ3) is 3.78. The fourth-order valence-electron chi connectivity index (χ4n) is 2.87. The van der Waals surface area contributed by atoms with E-state index in [-0.39, 0.29) is 5.91 Å². The summed E-state index contributed by atoms with van der Waals surface area (Å²) in [6, 6.07) is 15.2. The first-order valence-corrected chi connectivity index (χ1v) is 8.44. The summed E-state index contributed by atoms with van der Waals surface area (Å²) in [6.07, 6.45) is 5.12. The van der Waals surface area contributed by atoms with Gasteiger partial charge in [0.1, 0.15) is 0 Å². The van der Waals surface area contributed by atoms with Crippen molar-refractivity contribution in [2.75, 3.05) is 25.2 Å². The second kappa shape index (κ2) is 8.36. The van der Waals surface area contributed by atoms with Crippen LogP contribution >= 0.6 is 0 Å². The van der Waals surface area contributed by atoms with E-state index in [9.17, 15) is 4.79 Å². The van der Waals surface area contributed by atoms with Crippen molar-refractivity contribution in [3.05, 3.63) is 78.2 Å². The second-order valence-electron chi connectivity index (χ2n) is 5.85. The van der Waals surface area contributed by atoms with E-state index in [4.69, 9.17) is 4.74 Å². The predicted octanol–water partition coefficient (Wildman–Crippen LogP) is 3.75. The molecule has 5 nitrogen and oxygen atoms in total. The van der Waals surface area contributed by atoms with Gasteiger partial charge in [-0.1, -0.05) is 18.2 Å². The van der Waals surface area contributed by atoms with E-state index >= 15 is 0 Å². The lowest BCUT2D eigenvalue weighted by Gasteiger charge is -2.24. The van der Waals surface area contributed by atoms with E-state index < -0.39 is 0 Å². The lowest BCUT2D eigenvalue weighted by molar-refractivity contribution is 0.0975. The van der Waals surface area contributed by atoms with E-state index in [0.717, 1.165) is 22.5 Å². The maximum atomic E-state index is 13.3. The molecule has 3 aromatic rings. The summed E-state index contributed by atoms with van der Waals surface area (Å²) in [7, 11) is 1.63. The Balaban J connectivity index is 2.00. The molecule has 2 heterocycles. The highest BCUT2D eigenvalue weighted by atomic mass is 16.5. The molecule has 0 saturated carbocycles. The zero-order valence-corrected chi connectivity index (χ0v) is 14.9. The first-order chi connectivity index (χ1) is 12.7. The number of benzene rings is 1. The minimum atomic E-state index is -0.0662. The lowest BCUT2D eigenvalue weighted by Crippen LogP contribution is -2.34. The number of nitrogens with zero attached hydrogens (tertiary/aromatic N) is 3. The van der Waals surface area contributed by atoms with Gasteiger partial charge in [-0.15, -0.1) is 0 Å². The molecule has 1 amide bonds. The number of methoxy groups -OCH3 is 1. The van der Waals surface area contributed by atoms with Gasteiger partial charge in [0.15, 0.2) is 0 Å². The Labute approximate surface area is 153 Å². The minimum Gasteiger partial charge on any atom is -0.383 e. The highest BCUT2D eigenvalue weighted by molar-refractivity contribution is 6.07. The monoisotopic (exact) mass is 347 g/mol. The molecule has 0 spiro atoms. The molecular formula is C21H21N3O2.